The Kier molecular flexibility index (Phi) is 7.53. The molecule has 2 N–H and O–H groups in total. The van der Waals surface area contributed by atoms with Gasteiger partial charge < -0.3 is 20.1 Å². The third-order valence-electron chi connectivity index (χ3n) is 4.36. The molecule has 0 spiro atoms. The molecule has 0 radical (unpaired) electrons. The van der Waals surface area contributed by atoms with Gasteiger partial charge in [0, 0.05) is 17.8 Å². The molecule has 0 aromatic heterocycles. The molecule has 164 valence electrons. The van der Waals surface area contributed by atoms with Crippen LogP contribution in [-0.2, 0) is 11.3 Å². The number of carbonyl (C=O) groups excluding carboxylic acids is 3. The van der Waals surface area contributed by atoms with E-state index in [-0.39, 0.29) is 30.4 Å². The number of hydrogen-bond donors (Lipinski definition) is 2. The number of amides is 2. The van der Waals surface area contributed by atoms with Gasteiger partial charge >= 0.3 is 6.16 Å². The lowest BCUT2D eigenvalue weighted by molar-refractivity contribution is 0.0945. The van der Waals surface area contributed by atoms with E-state index in [4.69, 9.17) is 4.74 Å². The highest BCUT2D eigenvalue weighted by molar-refractivity contribution is 6.04. The molecule has 0 fully saturated rings. The van der Waals surface area contributed by atoms with E-state index in [0.29, 0.717) is 11.3 Å². The molecule has 0 atom stereocenters. The Morgan fingerprint density at radius 2 is 1.56 bits per heavy atom. The van der Waals surface area contributed by atoms with Crippen molar-refractivity contribution < 1.29 is 28.2 Å². The van der Waals surface area contributed by atoms with Crippen LogP contribution in [0.3, 0.4) is 0 Å². The van der Waals surface area contributed by atoms with Gasteiger partial charge in [0.1, 0.15) is 11.6 Å². The van der Waals surface area contributed by atoms with E-state index in [9.17, 15) is 18.8 Å². The van der Waals surface area contributed by atoms with Crippen LogP contribution < -0.4 is 15.4 Å². The highest BCUT2D eigenvalue weighted by Gasteiger charge is 2.11. The minimum Gasteiger partial charge on any atom is -0.434 e. The van der Waals surface area contributed by atoms with Crippen molar-refractivity contribution >= 4 is 23.7 Å². The van der Waals surface area contributed by atoms with E-state index in [1.54, 1.807) is 37.3 Å². The van der Waals surface area contributed by atoms with Crippen molar-refractivity contribution in [3.05, 3.63) is 95.3 Å². The largest absolute Gasteiger partial charge is 0.513 e. The molecular formula is C24H21FN2O5. The summed E-state index contributed by atoms with van der Waals surface area (Å²) in [6.45, 7) is 2.09. The van der Waals surface area contributed by atoms with Crippen LogP contribution in [0, 0.1) is 5.82 Å². The molecule has 7 nitrogen and oxygen atoms in total. The number of nitrogens with one attached hydrogen (secondary N) is 2. The summed E-state index contributed by atoms with van der Waals surface area (Å²) in [6, 6.07) is 18.7. The standard InChI is InChI=1S/C24H21FN2O5/c1-2-31-24(30)32-19-13-9-17(10-14-19)22(28)27-18-11-7-16(8-12-18)15-26-23(29)20-5-3-4-6-21(20)25/h3-14H,2,15H2,1H3,(H,26,29)(H,27,28). The second-order valence-electron chi connectivity index (χ2n) is 6.62. The fourth-order valence-electron chi connectivity index (χ4n) is 2.75. The van der Waals surface area contributed by atoms with Crippen LogP contribution in [0.15, 0.2) is 72.8 Å². The molecule has 0 unspecified atom stereocenters. The van der Waals surface area contributed by atoms with Crippen LogP contribution in [0.5, 0.6) is 5.75 Å². The molecule has 2 amide bonds. The lowest BCUT2D eigenvalue weighted by Crippen LogP contribution is -2.23. The number of anilines is 1. The first kappa shape index (κ1) is 22.5. The monoisotopic (exact) mass is 436 g/mol. The van der Waals surface area contributed by atoms with Crippen LogP contribution in [0.4, 0.5) is 14.9 Å². The number of ether oxygens (including phenoxy) is 2. The number of halogens is 1. The number of carbonyl (C=O) groups is 3. The molecule has 0 aliphatic heterocycles. The van der Waals surface area contributed by atoms with E-state index < -0.39 is 17.9 Å². The van der Waals surface area contributed by atoms with Gasteiger partial charge in [0.25, 0.3) is 11.8 Å². The Balaban J connectivity index is 1.52. The zero-order valence-corrected chi connectivity index (χ0v) is 17.3. The molecule has 0 saturated carbocycles. The van der Waals surface area contributed by atoms with Crippen LogP contribution in [0.1, 0.15) is 33.2 Å². The van der Waals surface area contributed by atoms with Gasteiger partial charge in [-0.3, -0.25) is 9.59 Å². The molecule has 0 heterocycles. The first-order valence-corrected chi connectivity index (χ1v) is 9.84. The van der Waals surface area contributed by atoms with Gasteiger partial charge in [-0.15, -0.1) is 0 Å². The van der Waals surface area contributed by atoms with Crippen molar-refractivity contribution in [3.8, 4) is 5.75 Å². The quantitative estimate of drug-likeness (QED) is 0.419. The Bertz CT molecular complexity index is 1100. The summed E-state index contributed by atoms with van der Waals surface area (Å²) < 4.78 is 23.3. The Morgan fingerprint density at radius 1 is 0.875 bits per heavy atom. The second kappa shape index (κ2) is 10.7. The summed E-state index contributed by atoms with van der Waals surface area (Å²) in [5, 5.41) is 5.41. The molecule has 8 heteroatoms. The number of rotatable bonds is 7. The van der Waals surface area contributed by atoms with Crippen molar-refractivity contribution in [2.75, 3.05) is 11.9 Å². The van der Waals surface area contributed by atoms with E-state index >= 15 is 0 Å². The Labute approximate surface area is 184 Å². The highest BCUT2D eigenvalue weighted by Crippen LogP contribution is 2.16. The van der Waals surface area contributed by atoms with Crippen LogP contribution >= 0.6 is 0 Å². The molecule has 3 aromatic carbocycles. The summed E-state index contributed by atoms with van der Waals surface area (Å²) in [5.74, 6) is -1.16. The van der Waals surface area contributed by atoms with Crippen molar-refractivity contribution in [2.45, 2.75) is 13.5 Å². The third-order valence-corrected chi connectivity index (χ3v) is 4.36. The van der Waals surface area contributed by atoms with Crippen LogP contribution in [0.2, 0.25) is 0 Å². The lowest BCUT2D eigenvalue weighted by Gasteiger charge is -2.09. The Morgan fingerprint density at radius 3 is 2.22 bits per heavy atom. The van der Waals surface area contributed by atoms with Crippen molar-refractivity contribution in [1.29, 1.82) is 0 Å². The fraction of sp³-hybridized carbons (Fsp3) is 0.125. The van der Waals surface area contributed by atoms with Crippen molar-refractivity contribution in [2.24, 2.45) is 0 Å². The average Bonchev–Trinajstić information content (AvgIpc) is 2.79. The minimum atomic E-state index is -0.810. The van der Waals surface area contributed by atoms with E-state index in [1.807, 2.05) is 0 Å². The first-order chi connectivity index (χ1) is 15.5. The van der Waals surface area contributed by atoms with Gasteiger partial charge in [0.2, 0.25) is 0 Å². The van der Waals surface area contributed by atoms with E-state index in [0.717, 1.165) is 5.56 Å². The van der Waals surface area contributed by atoms with Crippen LogP contribution in [0.25, 0.3) is 0 Å². The third kappa shape index (κ3) is 6.15. The van der Waals surface area contributed by atoms with Gasteiger partial charge in [0.15, 0.2) is 0 Å². The maximum atomic E-state index is 13.7. The summed E-state index contributed by atoms with van der Waals surface area (Å²) in [7, 11) is 0. The maximum Gasteiger partial charge on any atom is 0.513 e. The highest BCUT2D eigenvalue weighted by atomic mass is 19.1. The zero-order valence-electron chi connectivity index (χ0n) is 17.3. The Hall–Kier alpha value is -4.20. The molecule has 0 saturated heterocycles. The van der Waals surface area contributed by atoms with E-state index in [1.165, 1.54) is 42.5 Å². The summed E-state index contributed by atoms with van der Waals surface area (Å²) >= 11 is 0. The molecule has 3 aromatic rings. The average molecular weight is 436 g/mol. The molecule has 0 bridgehead atoms. The van der Waals surface area contributed by atoms with Gasteiger partial charge in [0.05, 0.1) is 12.2 Å². The number of hydrogen-bond acceptors (Lipinski definition) is 5. The number of benzene rings is 3. The molecule has 0 aliphatic carbocycles. The minimum absolute atomic E-state index is 0.0185. The van der Waals surface area contributed by atoms with Gasteiger partial charge in [-0.25, -0.2) is 9.18 Å². The normalized spacial score (nSPS) is 10.2. The van der Waals surface area contributed by atoms with Gasteiger partial charge in [-0.05, 0) is 61.0 Å². The van der Waals surface area contributed by atoms with Crippen molar-refractivity contribution in [1.82, 2.24) is 5.32 Å². The molecule has 0 aliphatic rings. The smallest absolute Gasteiger partial charge is 0.434 e. The topological polar surface area (TPSA) is 93.7 Å². The summed E-state index contributed by atoms with van der Waals surface area (Å²) in [5.41, 5.74) is 1.71. The van der Waals surface area contributed by atoms with E-state index in [2.05, 4.69) is 15.4 Å². The molecule has 3 rings (SSSR count). The summed E-state index contributed by atoms with van der Waals surface area (Å²) in [4.78, 5) is 35.8. The fourth-order valence-corrected chi connectivity index (χ4v) is 2.75. The van der Waals surface area contributed by atoms with Crippen molar-refractivity contribution in [3.63, 3.8) is 0 Å². The first-order valence-electron chi connectivity index (χ1n) is 9.84. The van der Waals surface area contributed by atoms with Crippen LogP contribution in [-0.4, -0.2) is 24.6 Å². The SMILES string of the molecule is CCOC(=O)Oc1ccc(C(=O)Nc2ccc(CNC(=O)c3ccccc3F)cc2)cc1. The predicted octanol–water partition coefficient (Wildman–Crippen LogP) is 4.54. The summed E-state index contributed by atoms with van der Waals surface area (Å²) in [6.07, 6.45) is -0.810. The van der Waals surface area contributed by atoms with Gasteiger partial charge in [-0.1, -0.05) is 24.3 Å². The predicted molar refractivity (Wildman–Crippen MR) is 116 cm³/mol. The maximum absolute atomic E-state index is 13.7. The molecule has 32 heavy (non-hydrogen) atoms. The lowest BCUT2D eigenvalue weighted by atomic mass is 10.1. The molecular weight excluding hydrogens is 415 g/mol. The van der Waals surface area contributed by atoms with Gasteiger partial charge in [-0.2, -0.15) is 0 Å². The second-order valence-corrected chi connectivity index (χ2v) is 6.62. The zero-order chi connectivity index (χ0) is 22.9.